The van der Waals surface area contributed by atoms with Crippen LogP contribution in [0.2, 0.25) is 5.02 Å². The number of benzene rings is 2. The lowest BCUT2D eigenvalue weighted by Gasteiger charge is -2.13. The van der Waals surface area contributed by atoms with Gasteiger partial charge >= 0.3 is 0 Å². The first-order chi connectivity index (χ1) is 16.5. The third-order valence-corrected chi connectivity index (χ3v) is 7.57. The first kappa shape index (κ1) is 24.3. The van der Waals surface area contributed by atoms with Gasteiger partial charge in [-0.3, -0.25) is 14.5 Å². The molecule has 1 fully saturated rings. The molecule has 1 aliphatic heterocycles. The van der Waals surface area contributed by atoms with Gasteiger partial charge in [-0.1, -0.05) is 96.3 Å². The average molecular weight is 526 g/mol. The van der Waals surface area contributed by atoms with Crippen LogP contribution in [-0.2, 0) is 16.0 Å². The molecule has 1 saturated heterocycles. The first-order valence-electron chi connectivity index (χ1n) is 10.4. The Hall–Kier alpha value is -2.78. The fourth-order valence-corrected chi connectivity index (χ4v) is 5.50. The quantitative estimate of drug-likeness (QED) is 0.281. The number of nitrogens with zero attached hydrogens (tertiary/aromatic N) is 2. The van der Waals surface area contributed by atoms with Gasteiger partial charge in [-0.25, -0.2) is 4.98 Å². The van der Waals surface area contributed by atoms with Gasteiger partial charge in [0.25, 0.3) is 5.91 Å². The molecule has 5 nitrogen and oxygen atoms in total. The van der Waals surface area contributed by atoms with E-state index < -0.39 is 0 Å². The molecule has 0 saturated carbocycles. The first-order valence-corrected chi connectivity index (χ1v) is 12.9. The van der Waals surface area contributed by atoms with Gasteiger partial charge in [-0.2, -0.15) is 0 Å². The minimum atomic E-state index is -0.222. The number of rotatable bonds is 8. The van der Waals surface area contributed by atoms with Crippen molar-refractivity contribution in [1.82, 2.24) is 9.88 Å². The predicted octanol–water partition coefficient (Wildman–Crippen LogP) is 6.17. The molecule has 4 rings (SSSR count). The second-order valence-electron chi connectivity index (χ2n) is 7.32. The van der Waals surface area contributed by atoms with Crippen LogP contribution in [0.1, 0.15) is 22.4 Å². The smallest absolute Gasteiger partial charge is 0.266 e. The number of nitrogens with one attached hydrogen (secondary N) is 1. The number of halogens is 1. The zero-order valence-corrected chi connectivity index (χ0v) is 21.1. The third-order valence-electron chi connectivity index (χ3n) is 4.89. The van der Waals surface area contributed by atoms with Crippen LogP contribution in [0, 0.1) is 0 Å². The van der Waals surface area contributed by atoms with Crippen molar-refractivity contribution in [3.63, 3.8) is 0 Å². The highest BCUT2D eigenvalue weighted by Crippen LogP contribution is 2.31. The SMILES string of the molecule is O=C(CCN1C(=O)C(=CC=Cc2ccccc2)SC1=S)Nc1ncc(Cc2ccccc2Cl)s1. The van der Waals surface area contributed by atoms with Gasteiger partial charge in [0.05, 0.1) is 4.91 Å². The Balaban J connectivity index is 1.28. The molecule has 2 aromatic carbocycles. The van der Waals surface area contributed by atoms with Crippen LogP contribution >= 0.6 is 46.9 Å². The lowest BCUT2D eigenvalue weighted by molar-refractivity contribution is -0.122. The van der Waals surface area contributed by atoms with E-state index in [2.05, 4.69) is 10.3 Å². The van der Waals surface area contributed by atoms with E-state index in [1.165, 1.54) is 28.0 Å². The predicted molar refractivity (Wildman–Crippen MR) is 145 cm³/mol. The zero-order valence-electron chi connectivity index (χ0n) is 17.9. The second-order valence-corrected chi connectivity index (χ2v) is 10.5. The van der Waals surface area contributed by atoms with Crippen molar-refractivity contribution in [1.29, 1.82) is 0 Å². The number of allylic oxidation sites excluding steroid dienone is 2. The zero-order chi connectivity index (χ0) is 23.9. The number of hydrogen-bond donors (Lipinski definition) is 1. The summed E-state index contributed by atoms with van der Waals surface area (Å²) in [4.78, 5) is 32.4. The van der Waals surface area contributed by atoms with Crippen LogP contribution < -0.4 is 5.32 Å². The lowest BCUT2D eigenvalue weighted by Crippen LogP contribution is -2.31. The van der Waals surface area contributed by atoms with Gasteiger partial charge in [0.15, 0.2) is 5.13 Å². The van der Waals surface area contributed by atoms with Gasteiger partial charge < -0.3 is 5.32 Å². The summed E-state index contributed by atoms with van der Waals surface area (Å²) >= 11 is 14.2. The summed E-state index contributed by atoms with van der Waals surface area (Å²) in [6.07, 6.45) is 8.01. The molecule has 0 bridgehead atoms. The number of amides is 2. The fourth-order valence-electron chi connectivity index (χ4n) is 3.19. The molecule has 172 valence electrons. The maximum Gasteiger partial charge on any atom is 0.266 e. The number of carbonyl (C=O) groups is 2. The van der Waals surface area contributed by atoms with Crippen molar-refractivity contribution in [2.24, 2.45) is 0 Å². The largest absolute Gasteiger partial charge is 0.302 e. The van der Waals surface area contributed by atoms with E-state index >= 15 is 0 Å². The summed E-state index contributed by atoms with van der Waals surface area (Å²) in [7, 11) is 0. The van der Waals surface area contributed by atoms with Crippen LogP contribution in [-0.4, -0.2) is 32.6 Å². The summed E-state index contributed by atoms with van der Waals surface area (Å²) < 4.78 is 0.452. The molecule has 2 heterocycles. The minimum Gasteiger partial charge on any atom is -0.302 e. The van der Waals surface area contributed by atoms with E-state index in [0.717, 1.165) is 16.0 Å². The number of hydrogen-bond acceptors (Lipinski definition) is 6. The Morgan fingerprint density at radius 1 is 1.15 bits per heavy atom. The van der Waals surface area contributed by atoms with Gasteiger partial charge in [-0.05, 0) is 23.3 Å². The molecule has 9 heteroatoms. The molecular formula is C25H20ClN3O2S3. The Bertz CT molecular complexity index is 1270. The van der Waals surface area contributed by atoms with Crippen LogP contribution in [0.15, 0.2) is 77.9 Å². The standard InChI is InChI=1S/C25H20ClN3O2S3/c26-20-11-5-4-10-18(20)15-19-16-27-24(33-19)28-22(30)13-14-29-23(31)21(34-25(29)32)12-6-9-17-7-2-1-3-8-17/h1-12,16H,13-15H2,(H,27,28,30). The monoisotopic (exact) mass is 525 g/mol. The van der Waals surface area contributed by atoms with Crippen LogP contribution in [0.4, 0.5) is 5.13 Å². The summed E-state index contributed by atoms with van der Waals surface area (Å²) in [6, 6.07) is 17.5. The highest BCUT2D eigenvalue weighted by Gasteiger charge is 2.31. The number of aromatic nitrogens is 1. The Morgan fingerprint density at radius 3 is 2.71 bits per heavy atom. The van der Waals surface area contributed by atoms with Crippen molar-refractivity contribution < 1.29 is 9.59 Å². The molecule has 2 amide bonds. The van der Waals surface area contributed by atoms with E-state index in [1.54, 1.807) is 12.3 Å². The molecule has 3 aromatic rings. The van der Waals surface area contributed by atoms with Crippen molar-refractivity contribution in [3.8, 4) is 0 Å². The number of thiazole rings is 1. The number of carbonyl (C=O) groups excluding carboxylic acids is 2. The Morgan fingerprint density at radius 2 is 1.91 bits per heavy atom. The fraction of sp³-hybridized carbons (Fsp3) is 0.120. The number of thiocarbonyl (C=S) groups is 1. The van der Waals surface area contributed by atoms with E-state index in [4.69, 9.17) is 23.8 Å². The Labute approximate surface area is 216 Å². The third kappa shape index (κ3) is 6.42. The average Bonchev–Trinajstić information content (AvgIpc) is 3.38. The van der Waals surface area contributed by atoms with E-state index in [0.29, 0.717) is 25.8 Å². The summed E-state index contributed by atoms with van der Waals surface area (Å²) in [5.74, 6) is -0.405. The van der Waals surface area contributed by atoms with E-state index in [9.17, 15) is 9.59 Å². The van der Waals surface area contributed by atoms with E-state index in [1.807, 2.05) is 66.7 Å². The molecule has 1 N–H and O–H groups in total. The molecule has 34 heavy (non-hydrogen) atoms. The minimum absolute atomic E-state index is 0.124. The maximum absolute atomic E-state index is 12.7. The second kappa shape index (κ2) is 11.6. The normalized spacial score (nSPS) is 15.0. The van der Waals surface area contributed by atoms with Crippen molar-refractivity contribution in [2.45, 2.75) is 12.8 Å². The maximum atomic E-state index is 12.7. The molecule has 0 aliphatic carbocycles. The van der Waals surface area contributed by atoms with Crippen molar-refractivity contribution >= 4 is 74.3 Å². The van der Waals surface area contributed by atoms with Crippen LogP contribution in [0.25, 0.3) is 6.08 Å². The van der Waals surface area contributed by atoms with Gasteiger partial charge in [0, 0.05) is 35.5 Å². The van der Waals surface area contributed by atoms with Crippen LogP contribution in [0.3, 0.4) is 0 Å². The van der Waals surface area contributed by atoms with Crippen molar-refractivity contribution in [2.75, 3.05) is 11.9 Å². The topological polar surface area (TPSA) is 62.3 Å². The molecule has 1 aliphatic rings. The highest BCUT2D eigenvalue weighted by atomic mass is 35.5. The van der Waals surface area contributed by atoms with Gasteiger partial charge in [0.2, 0.25) is 5.91 Å². The van der Waals surface area contributed by atoms with Gasteiger partial charge in [0.1, 0.15) is 4.32 Å². The lowest BCUT2D eigenvalue weighted by atomic mass is 10.1. The van der Waals surface area contributed by atoms with Gasteiger partial charge in [-0.15, -0.1) is 11.3 Å². The molecule has 0 radical (unpaired) electrons. The van der Waals surface area contributed by atoms with Crippen LogP contribution in [0.5, 0.6) is 0 Å². The van der Waals surface area contributed by atoms with Crippen molar-refractivity contribution in [3.05, 3.63) is 98.9 Å². The molecule has 1 aromatic heterocycles. The molecular weight excluding hydrogens is 506 g/mol. The number of anilines is 1. The molecule has 0 unspecified atom stereocenters. The highest BCUT2D eigenvalue weighted by molar-refractivity contribution is 8.26. The summed E-state index contributed by atoms with van der Waals surface area (Å²) in [5, 5.41) is 4.02. The molecule has 0 atom stereocenters. The number of thioether (sulfide) groups is 1. The Kier molecular flexibility index (Phi) is 8.29. The summed E-state index contributed by atoms with van der Waals surface area (Å²) in [6.45, 7) is 0.216. The van der Waals surface area contributed by atoms with E-state index in [-0.39, 0.29) is 24.8 Å². The summed E-state index contributed by atoms with van der Waals surface area (Å²) in [5.41, 5.74) is 2.05. The molecule has 0 spiro atoms.